The minimum Gasteiger partial charge on any atom is -0.444 e. The quantitative estimate of drug-likeness (QED) is 0.303. The topological polar surface area (TPSA) is 170 Å². The van der Waals surface area contributed by atoms with Gasteiger partial charge < -0.3 is 19.9 Å². The molecule has 32 heavy (non-hydrogen) atoms. The first kappa shape index (κ1) is 24.2. The number of urea groups is 1. The maximum Gasteiger partial charge on any atom is 0.418 e. The van der Waals surface area contributed by atoms with Gasteiger partial charge in [-0.2, -0.15) is 13.5 Å². The molecule has 0 unspecified atom stereocenters. The van der Waals surface area contributed by atoms with E-state index in [0.29, 0.717) is 43.8 Å². The van der Waals surface area contributed by atoms with Crippen molar-refractivity contribution >= 4 is 34.3 Å². The number of rotatable bonds is 4. The Morgan fingerprint density at radius 2 is 1.78 bits per heavy atom. The monoisotopic (exact) mass is 475 g/mol. The summed E-state index contributed by atoms with van der Waals surface area (Å²) in [7, 11) is -4.85. The van der Waals surface area contributed by atoms with E-state index in [2.05, 4.69) is 9.60 Å². The summed E-state index contributed by atoms with van der Waals surface area (Å²) in [5, 5.41) is 11.4. The number of nitrogens with one attached hydrogen (secondary N) is 2. The molecule has 14 heteroatoms. The van der Waals surface area contributed by atoms with Crippen LogP contribution in [0, 0.1) is 11.3 Å². The number of ether oxygens (including phenoxy) is 1. The smallest absolute Gasteiger partial charge is 0.418 e. The normalized spacial score (nSPS) is 24.5. The summed E-state index contributed by atoms with van der Waals surface area (Å²) >= 11 is 0. The summed E-state index contributed by atoms with van der Waals surface area (Å²) in [6, 6.07) is -2.10. The molecular weight excluding hydrogens is 446 g/mol. The molecule has 0 radical (unpaired) electrons. The third-order valence-electron chi connectivity index (χ3n) is 5.61. The van der Waals surface area contributed by atoms with E-state index in [1.807, 2.05) is 0 Å². The maximum atomic E-state index is 12.7. The highest BCUT2D eigenvalue weighted by molar-refractivity contribution is 7.80. The summed E-state index contributed by atoms with van der Waals surface area (Å²) < 4.78 is 40.5. The Bertz CT molecular complexity index is 894. The number of hydrogen-bond donors (Lipinski definition) is 3. The van der Waals surface area contributed by atoms with Crippen LogP contribution in [-0.4, -0.2) is 89.0 Å². The van der Waals surface area contributed by atoms with Crippen molar-refractivity contribution in [1.82, 2.24) is 20.2 Å². The number of nitrogens with zero attached hydrogens (tertiary/aromatic N) is 3. The van der Waals surface area contributed by atoms with Gasteiger partial charge >= 0.3 is 22.5 Å². The number of carbonyl (C=O) groups is 3. The van der Waals surface area contributed by atoms with E-state index in [4.69, 9.17) is 14.7 Å². The van der Waals surface area contributed by atoms with Crippen LogP contribution in [0.25, 0.3) is 0 Å². The summed E-state index contributed by atoms with van der Waals surface area (Å²) in [5.74, 6) is -0.914. The Morgan fingerprint density at radius 3 is 2.34 bits per heavy atom. The number of likely N-dealkylation sites (tertiary alicyclic amines) is 1. The Morgan fingerprint density at radius 1 is 1.16 bits per heavy atom. The van der Waals surface area contributed by atoms with Gasteiger partial charge in [0.1, 0.15) is 11.4 Å². The van der Waals surface area contributed by atoms with Crippen molar-refractivity contribution in [2.75, 3.05) is 19.6 Å². The summed E-state index contributed by atoms with van der Waals surface area (Å²) in [6.45, 7) is 6.18. The van der Waals surface area contributed by atoms with Gasteiger partial charge in [0.05, 0.1) is 12.1 Å². The van der Waals surface area contributed by atoms with Gasteiger partial charge in [-0.25, -0.2) is 9.59 Å². The largest absolute Gasteiger partial charge is 0.444 e. The molecular formula is C18H29N5O8S. The van der Waals surface area contributed by atoms with Crippen LogP contribution in [0.5, 0.6) is 0 Å². The molecule has 0 aromatic rings. The summed E-state index contributed by atoms with van der Waals surface area (Å²) in [6.07, 6.45) is 1.09. The lowest BCUT2D eigenvalue weighted by Gasteiger charge is -2.34. The van der Waals surface area contributed by atoms with E-state index in [1.165, 1.54) is 4.90 Å². The molecule has 3 N–H and O–H groups in total. The first-order chi connectivity index (χ1) is 14.7. The number of carbonyl (C=O) groups excluding carboxylic acids is 3. The van der Waals surface area contributed by atoms with Crippen LogP contribution in [0.3, 0.4) is 0 Å². The molecule has 13 nitrogen and oxygen atoms in total. The van der Waals surface area contributed by atoms with Crippen molar-refractivity contribution in [2.45, 2.75) is 64.1 Å². The van der Waals surface area contributed by atoms with E-state index < -0.39 is 40.2 Å². The molecule has 2 atom stereocenters. The van der Waals surface area contributed by atoms with Crippen LogP contribution >= 0.6 is 0 Å². The second-order valence-electron chi connectivity index (χ2n) is 9.15. The molecule has 3 heterocycles. The predicted octanol–water partition coefficient (Wildman–Crippen LogP) is 0.730. The maximum absolute atomic E-state index is 12.7. The highest BCUT2D eigenvalue weighted by Crippen LogP contribution is 2.31. The molecule has 3 aliphatic heterocycles. The Kier molecular flexibility index (Phi) is 6.67. The molecule has 0 aromatic heterocycles. The van der Waals surface area contributed by atoms with Crippen molar-refractivity contribution < 1.29 is 36.4 Å². The Balaban J connectivity index is 1.52. The molecule has 3 rings (SSSR count). The average Bonchev–Trinajstić information content (AvgIpc) is 2.90. The number of hydroxylamine groups is 2. The fourth-order valence-electron chi connectivity index (χ4n) is 4.10. The van der Waals surface area contributed by atoms with Crippen LogP contribution in [0.15, 0.2) is 0 Å². The standard InChI is InChI=1S/C18H29N5O8S/c1-18(2,3)30-17(26)21-8-6-11(7-9-21)15(24)20-14(19)13-5-4-12-10-22(13)16(25)23(12)31-32(27,28)29/h11-13H,4-10H2,1-3H3,(H2,19,20,24)(H,27,28,29)/t12-,13+/m1/s1. The van der Waals surface area contributed by atoms with Crippen LogP contribution in [0.2, 0.25) is 0 Å². The number of amides is 4. The molecule has 180 valence electrons. The number of hydrogen-bond acceptors (Lipinski definition) is 8. The van der Waals surface area contributed by atoms with Crippen molar-refractivity contribution in [3.05, 3.63) is 0 Å². The van der Waals surface area contributed by atoms with Gasteiger partial charge in [-0.3, -0.25) is 14.8 Å². The van der Waals surface area contributed by atoms with E-state index in [1.54, 1.807) is 25.7 Å². The lowest BCUT2D eigenvalue weighted by molar-refractivity contribution is -0.125. The molecule has 3 aliphatic rings. The molecule has 3 fully saturated rings. The van der Waals surface area contributed by atoms with Crippen LogP contribution in [0.1, 0.15) is 46.5 Å². The van der Waals surface area contributed by atoms with Crippen molar-refractivity contribution in [2.24, 2.45) is 5.92 Å². The van der Waals surface area contributed by atoms with E-state index >= 15 is 0 Å². The molecule has 2 bridgehead atoms. The van der Waals surface area contributed by atoms with E-state index in [-0.39, 0.29) is 24.2 Å². The number of amidine groups is 1. The van der Waals surface area contributed by atoms with E-state index in [9.17, 15) is 22.8 Å². The third-order valence-corrected chi connectivity index (χ3v) is 5.95. The second kappa shape index (κ2) is 8.83. The van der Waals surface area contributed by atoms with Crippen molar-refractivity contribution in [3.63, 3.8) is 0 Å². The highest BCUT2D eigenvalue weighted by Gasteiger charge is 2.48. The minimum absolute atomic E-state index is 0.117. The lowest BCUT2D eigenvalue weighted by Crippen LogP contribution is -2.52. The van der Waals surface area contributed by atoms with Crippen molar-refractivity contribution in [3.8, 4) is 0 Å². The third kappa shape index (κ3) is 5.66. The fourth-order valence-corrected chi connectivity index (χ4v) is 4.49. The molecule has 3 saturated heterocycles. The zero-order valence-corrected chi connectivity index (χ0v) is 19.1. The van der Waals surface area contributed by atoms with Crippen LogP contribution in [-0.2, 0) is 24.2 Å². The van der Waals surface area contributed by atoms with Gasteiger partial charge in [-0.1, -0.05) is 0 Å². The van der Waals surface area contributed by atoms with Gasteiger partial charge in [-0.05, 0) is 46.5 Å². The van der Waals surface area contributed by atoms with Gasteiger partial charge in [0.15, 0.2) is 0 Å². The van der Waals surface area contributed by atoms with Crippen LogP contribution < -0.4 is 5.32 Å². The average molecular weight is 476 g/mol. The van der Waals surface area contributed by atoms with Crippen LogP contribution in [0.4, 0.5) is 9.59 Å². The fraction of sp³-hybridized carbons (Fsp3) is 0.778. The SMILES string of the molecule is CC(C)(C)OC(=O)N1CCC(C(=O)NC(=N)[C@@H]2CC[C@@H]3CN2C(=O)N3OS(=O)(=O)O)CC1. The zero-order chi connectivity index (χ0) is 23.8. The highest BCUT2D eigenvalue weighted by atomic mass is 32.3. The van der Waals surface area contributed by atoms with Crippen molar-refractivity contribution in [1.29, 1.82) is 5.41 Å². The molecule has 4 amide bonds. The summed E-state index contributed by atoms with van der Waals surface area (Å²) in [4.78, 5) is 40.1. The molecule has 0 saturated carbocycles. The summed E-state index contributed by atoms with van der Waals surface area (Å²) in [5.41, 5.74) is -0.603. The lowest BCUT2D eigenvalue weighted by atomic mass is 9.95. The first-order valence-corrected chi connectivity index (χ1v) is 11.8. The second-order valence-corrected chi connectivity index (χ2v) is 10.2. The Hall–Kier alpha value is -2.45. The molecule has 0 spiro atoms. The molecule has 0 aliphatic carbocycles. The van der Waals surface area contributed by atoms with Gasteiger partial charge in [0.2, 0.25) is 5.91 Å². The van der Waals surface area contributed by atoms with Gasteiger partial charge in [0, 0.05) is 25.6 Å². The Labute approximate surface area is 186 Å². The minimum atomic E-state index is -4.85. The zero-order valence-electron chi connectivity index (χ0n) is 18.2. The first-order valence-electron chi connectivity index (χ1n) is 10.4. The molecule has 0 aromatic carbocycles. The van der Waals surface area contributed by atoms with Gasteiger partial charge in [-0.15, -0.1) is 4.28 Å². The van der Waals surface area contributed by atoms with Gasteiger partial charge in [0.25, 0.3) is 0 Å². The predicted molar refractivity (Wildman–Crippen MR) is 110 cm³/mol. The van der Waals surface area contributed by atoms with E-state index in [0.717, 1.165) is 0 Å². The number of piperidine rings is 2. The number of fused-ring (bicyclic) bond motifs is 2.